The summed E-state index contributed by atoms with van der Waals surface area (Å²) in [6, 6.07) is 0. The third kappa shape index (κ3) is 3.08. The number of hydrogen-bond acceptors (Lipinski definition) is 1. The Morgan fingerprint density at radius 1 is 0.700 bits per heavy atom. The van der Waals surface area contributed by atoms with Crippen LogP contribution >= 0.6 is 0 Å². The molecule has 20 heavy (non-hydrogen) atoms. The maximum atomic E-state index is 7.00. The summed E-state index contributed by atoms with van der Waals surface area (Å²) in [5, 5.41) is 0. The minimum Gasteiger partial charge on any atom is -0.324 e. The smallest absolute Gasteiger partial charge is 0.0234 e. The lowest BCUT2D eigenvalue weighted by molar-refractivity contribution is -0.115. The van der Waals surface area contributed by atoms with Crippen molar-refractivity contribution in [3.63, 3.8) is 0 Å². The van der Waals surface area contributed by atoms with E-state index >= 15 is 0 Å². The highest BCUT2D eigenvalue weighted by atomic mass is 14.8. The molecule has 0 fully saturated rings. The van der Waals surface area contributed by atoms with Gasteiger partial charge in [0.05, 0.1) is 0 Å². The summed E-state index contributed by atoms with van der Waals surface area (Å²) in [6.45, 7) is 28.0. The quantitative estimate of drug-likeness (QED) is 0.685. The first kappa shape index (κ1) is 20.0. The van der Waals surface area contributed by atoms with Crippen molar-refractivity contribution >= 4 is 0 Å². The summed E-state index contributed by atoms with van der Waals surface area (Å²) in [6.07, 6.45) is 1.15. The van der Waals surface area contributed by atoms with Gasteiger partial charge in [0.1, 0.15) is 0 Å². The summed E-state index contributed by atoms with van der Waals surface area (Å²) in [5.41, 5.74) is 7.25. The molecule has 0 bridgehead atoms. The van der Waals surface area contributed by atoms with Crippen molar-refractivity contribution in [3.05, 3.63) is 0 Å². The van der Waals surface area contributed by atoms with Gasteiger partial charge in [-0.3, -0.25) is 0 Å². The molecule has 0 aliphatic carbocycles. The van der Waals surface area contributed by atoms with Gasteiger partial charge >= 0.3 is 0 Å². The van der Waals surface area contributed by atoms with Crippen LogP contribution < -0.4 is 5.73 Å². The third-order valence-electron chi connectivity index (χ3n) is 6.78. The van der Waals surface area contributed by atoms with E-state index < -0.39 is 0 Å². The largest absolute Gasteiger partial charge is 0.324 e. The predicted molar refractivity (Wildman–Crippen MR) is 92.8 cm³/mol. The van der Waals surface area contributed by atoms with E-state index in [-0.39, 0.29) is 27.2 Å². The topological polar surface area (TPSA) is 26.0 Å². The Hall–Kier alpha value is -0.0400. The van der Waals surface area contributed by atoms with Crippen LogP contribution in [0, 0.1) is 27.6 Å². The Labute approximate surface area is 129 Å². The summed E-state index contributed by atoms with van der Waals surface area (Å²) >= 11 is 0. The van der Waals surface area contributed by atoms with Crippen LogP contribution in [0.15, 0.2) is 0 Å². The second kappa shape index (κ2) is 5.30. The van der Waals surface area contributed by atoms with E-state index in [0.717, 1.165) is 6.42 Å². The third-order valence-corrected chi connectivity index (χ3v) is 6.78. The monoisotopic (exact) mass is 283 g/mol. The van der Waals surface area contributed by atoms with E-state index in [4.69, 9.17) is 5.73 Å². The Morgan fingerprint density at radius 2 is 1.05 bits per heavy atom. The van der Waals surface area contributed by atoms with E-state index in [0.29, 0.717) is 5.92 Å². The molecule has 1 nitrogen and oxygen atoms in total. The van der Waals surface area contributed by atoms with Crippen LogP contribution in [0.25, 0.3) is 0 Å². The highest BCUT2D eigenvalue weighted by molar-refractivity contribution is 5.12. The summed E-state index contributed by atoms with van der Waals surface area (Å²) in [5.74, 6) is 0.645. The molecule has 2 N–H and O–H groups in total. The van der Waals surface area contributed by atoms with Crippen LogP contribution in [0.4, 0.5) is 0 Å². The van der Waals surface area contributed by atoms with Crippen LogP contribution in [0.1, 0.15) is 89.5 Å². The van der Waals surface area contributed by atoms with Crippen molar-refractivity contribution < 1.29 is 0 Å². The van der Waals surface area contributed by atoms with Gasteiger partial charge in [-0.25, -0.2) is 0 Å². The van der Waals surface area contributed by atoms with Crippen molar-refractivity contribution in [1.29, 1.82) is 0 Å². The Bertz CT molecular complexity index is 295. The molecule has 0 rings (SSSR count). The summed E-state index contributed by atoms with van der Waals surface area (Å²) in [7, 11) is 0. The predicted octanol–water partition coefficient (Wildman–Crippen LogP) is 5.87. The maximum absolute atomic E-state index is 7.00. The van der Waals surface area contributed by atoms with Crippen LogP contribution in [0.3, 0.4) is 0 Å². The highest BCUT2D eigenvalue weighted by Gasteiger charge is 2.59. The number of hydrogen-bond donors (Lipinski definition) is 1. The lowest BCUT2D eigenvalue weighted by Gasteiger charge is -2.63. The van der Waals surface area contributed by atoms with E-state index in [1.807, 2.05) is 0 Å². The van der Waals surface area contributed by atoms with Crippen LogP contribution in [0.2, 0.25) is 0 Å². The van der Waals surface area contributed by atoms with E-state index in [1.165, 1.54) is 0 Å². The van der Waals surface area contributed by atoms with Gasteiger partial charge < -0.3 is 5.73 Å². The van der Waals surface area contributed by atoms with Crippen LogP contribution in [-0.2, 0) is 0 Å². The molecule has 0 spiro atoms. The van der Waals surface area contributed by atoms with Crippen molar-refractivity contribution in [2.45, 2.75) is 95.0 Å². The molecule has 0 radical (unpaired) electrons. The fourth-order valence-corrected chi connectivity index (χ4v) is 3.59. The molecule has 0 aliphatic rings. The van der Waals surface area contributed by atoms with Gasteiger partial charge in [-0.05, 0) is 40.9 Å². The minimum atomic E-state index is -0.235. The summed E-state index contributed by atoms with van der Waals surface area (Å²) in [4.78, 5) is 0. The Morgan fingerprint density at radius 3 is 1.25 bits per heavy atom. The molecular formula is C19H41N. The Balaban J connectivity index is 6.16. The molecule has 2 unspecified atom stereocenters. The normalized spacial score (nSPS) is 20.7. The number of nitrogens with two attached hydrogens (primary N) is 1. The molecule has 0 heterocycles. The van der Waals surface area contributed by atoms with Gasteiger partial charge in [0.2, 0.25) is 0 Å². The van der Waals surface area contributed by atoms with Crippen LogP contribution in [-0.4, -0.2) is 5.54 Å². The zero-order valence-corrected chi connectivity index (χ0v) is 16.4. The van der Waals surface area contributed by atoms with Crippen molar-refractivity contribution in [3.8, 4) is 0 Å². The minimum absolute atomic E-state index is 0.0602. The lowest BCUT2D eigenvalue weighted by Crippen LogP contribution is -2.67. The molecule has 0 aliphatic heterocycles. The molecule has 0 aromatic carbocycles. The average Bonchev–Trinajstić information content (AvgIpc) is 2.11. The van der Waals surface area contributed by atoms with Crippen molar-refractivity contribution in [1.82, 2.24) is 0 Å². The van der Waals surface area contributed by atoms with Gasteiger partial charge in [-0.1, -0.05) is 76.2 Å². The van der Waals surface area contributed by atoms with Crippen LogP contribution in [0.5, 0.6) is 0 Å². The first-order valence-electron chi connectivity index (χ1n) is 8.21. The first-order chi connectivity index (χ1) is 8.42. The van der Waals surface area contributed by atoms with Crippen molar-refractivity contribution in [2.24, 2.45) is 33.3 Å². The zero-order chi connectivity index (χ0) is 16.8. The number of rotatable bonds is 4. The standard InChI is InChI=1S/C19H41N/c1-14(2)13-18(11,17(9,10)15(3,4)5)19(12,20)16(6,7)8/h14H,13,20H2,1-12H3. The van der Waals surface area contributed by atoms with E-state index in [2.05, 4.69) is 83.1 Å². The van der Waals surface area contributed by atoms with Gasteiger partial charge in [-0.15, -0.1) is 0 Å². The first-order valence-corrected chi connectivity index (χ1v) is 8.21. The molecule has 0 saturated heterocycles. The summed E-state index contributed by atoms with van der Waals surface area (Å²) < 4.78 is 0. The van der Waals surface area contributed by atoms with Gasteiger partial charge in [0, 0.05) is 5.54 Å². The second-order valence-electron chi connectivity index (χ2n) is 10.3. The fourth-order valence-electron chi connectivity index (χ4n) is 3.59. The molecule has 0 aromatic rings. The van der Waals surface area contributed by atoms with Gasteiger partial charge in [0.15, 0.2) is 0 Å². The van der Waals surface area contributed by atoms with E-state index in [9.17, 15) is 0 Å². The zero-order valence-electron chi connectivity index (χ0n) is 16.4. The maximum Gasteiger partial charge on any atom is 0.0234 e. The van der Waals surface area contributed by atoms with Crippen molar-refractivity contribution in [2.75, 3.05) is 0 Å². The second-order valence-corrected chi connectivity index (χ2v) is 10.3. The molecule has 0 saturated carbocycles. The molecule has 0 aromatic heterocycles. The lowest BCUT2D eigenvalue weighted by atomic mass is 9.43. The highest BCUT2D eigenvalue weighted by Crippen LogP contribution is 2.61. The van der Waals surface area contributed by atoms with Gasteiger partial charge in [-0.2, -0.15) is 0 Å². The molecule has 0 amide bonds. The molecular weight excluding hydrogens is 242 g/mol. The fraction of sp³-hybridized carbons (Fsp3) is 1.00. The molecule has 122 valence electrons. The average molecular weight is 284 g/mol. The van der Waals surface area contributed by atoms with Gasteiger partial charge in [0.25, 0.3) is 0 Å². The molecule has 1 heteroatoms. The van der Waals surface area contributed by atoms with E-state index in [1.54, 1.807) is 0 Å². The molecule has 2 atom stereocenters. The Kier molecular flexibility index (Phi) is 5.29. The SMILES string of the molecule is CC(C)CC(C)(C(C)(C)C(C)(C)C)C(C)(N)C(C)(C)C.